The van der Waals surface area contributed by atoms with E-state index in [4.69, 9.17) is 4.98 Å². The maximum absolute atomic E-state index is 4.71. The first kappa shape index (κ1) is 17.7. The van der Waals surface area contributed by atoms with Gasteiger partial charge in [0.2, 0.25) is 5.95 Å². The molecule has 0 radical (unpaired) electrons. The monoisotopic (exact) mass is 362 g/mol. The summed E-state index contributed by atoms with van der Waals surface area (Å²) < 4.78 is 1.80. The standard InChI is InChI=1S/C21H26N6/c1-16-10-22-21(25-20(16)19-12-24-26(2)15-19)23-11-18-8-9-27(14-18)13-17-6-4-3-5-7-17/h3-7,10,12,15,18H,8-9,11,13-14H2,1-2H3,(H,22,23,25). The lowest BCUT2D eigenvalue weighted by Crippen LogP contribution is -2.23. The first-order chi connectivity index (χ1) is 13.2. The summed E-state index contributed by atoms with van der Waals surface area (Å²) in [7, 11) is 1.92. The molecule has 6 heteroatoms. The second-order valence-electron chi connectivity index (χ2n) is 7.38. The van der Waals surface area contributed by atoms with Crippen LogP contribution in [0.25, 0.3) is 11.3 Å². The zero-order chi connectivity index (χ0) is 18.6. The van der Waals surface area contributed by atoms with Gasteiger partial charge in [0.1, 0.15) is 0 Å². The van der Waals surface area contributed by atoms with Crippen LogP contribution in [0.15, 0.2) is 48.9 Å². The van der Waals surface area contributed by atoms with Crippen LogP contribution in [0.3, 0.4) is 0 Å². The van der Waals surface area contributed by atoms with Crippen molar-refractivity contribution in [3.8, 4) is 11.3 Å². The number of nitrogens with zero attached hydrogens (tertiary/aromatic N) is 5. The summed E-state index contributed by atoms with van der Waals surface area (Å²) >= 11 is 0. The van der Waals surface area contributed by atoms with Crippen LogP contribution in [0, 0.1) is 12.8 Å². The fourth-order valence-electron chi connectivity index (χ4n) is 3.66. The molecular formula is C21H26N6. The molecule has 3 aromatic rings. The fourth-order valence-corrected chi connectivity index (χ4v) is 3.66. The van der Waals surface area contributed by atoms with Crippen LogP contribution in [0.2, 0.25) is 0 Å². The lowest BCUT2D eigenvalue weighted by Gasteiger charge is -2.16. The molecule has 0 amide bonds. The highest BCUT2D eigenvalue weighted by atomic mass is 15.2. The maximum Gasteiger partial charge on any atom is 0.223 e. The lowest BCUT2D eigenvalue weighted by molar-refractivity contribution is 0.319. The van der Waals surface area contributed by atoms with Gasteiger partial charge in [-0.25, -0.2) is 9.97 Å². The number of nitrogens with one attached hydrogen (secondary N) is 1. The molecule has 0 aliphatic carbocycles. The average molecular weight is 362 g/mol. The van der Waals surface area contributed by atoms with Crippen molar-refractivity contribution in [2.24, 2.45) is 13.0 Å². The van der Waals surface area contributed by atoms with Gasteiger partial charge in [-0.05, 0) is 36.9 Å². The second kappa shape index (κ2) is 7.88. The summed E-state index contributed by atoms with van der Waals surface area (Å²) in [6.45, 7) is 6.23. The molecule has 3 heterocycles. The van der Waals surface area contributed by atoms with Crippen molar-refractivity contribution in [1.29, 1.82) is 0 Å². The van der Waals surface area contributed by atoms with Crippen LogP contribution in [-0.2, 0) is 13.6 Å². The first-order valence-electron chi connectivity index (χ1n) is 9.50. The molecule has 6 nitrogen and oxygen atoms in total. The van der Waals surface area contributed by atoms with Gasteiger partial charge in [-0.2, -0.15) is 5.10 Å². The van der Waals surface area contributed by atoms with Crippen molar-refractivity contribution in [3.05, 3.63) is 60.0 Å². The smallest absolute Gasteiger partial charge is 0.223 e. The topological polar surface area (TPSA) is 58.9 Å². The molecule has 1 saturated heterocycles. The molecule has 0 spiro atoms. The number of aromatic nitrogens is 4. The van der Waals surface area contributed by atoms with Crippen LogP contribution in [-0.4, -0.2) is 44.3 Å². The molecule has 4 rings (SSSR count). The Morgan fingerprint density at radius 3 is 2.81 bits per heavy atom. The maximum atomic E-state index is 4.71. The Morgan fingerprint density at radius 2 is 2.04 bits per heavy atom. The quantitative estimate of drug-likeness (QED) is 0.730. The molecule has 1 aliphatic rings. The Kier molecular flexibility index (Phi) is 5.16. The zero-order valence-electron chi connectivity index (χ0n) is 16.0. The van der Waals surface area contributed by atoms with Gasteiger partial charge in [-0.3, -0.25) is 9.58 Å². The number of benzene rings is 1. The largest absolute Gasteiger partial charge is 0.354 e. The highest BCUT2D eigenvalue weighted by molar-refractivity contribution is 5.62. The van der Waals surface area contributed by atoms with E-state index in [9.17, 15) is 0 Å². The van der Waals surface area contributed by atoms with Crippen molar-refractivity contribution < 1.29 is 0 Å². The summed E-state index contributed by atoms with van der Waals surface area (Å²) in [5.41, 5.74) is 4.41. The van der Waals surface area contributed by atoms with Crippen LogP contribution < -0.4 is 5.32 Å². The first-order valence-corrected chi connectivity index (χ1v) is 9.50. The number of hydrogen-bond acceptors (Lipinski definition) is 5. The molecule has 0 bridgehead atoms. The Morgan fingerprint density at radius 1 is 1.19 bits per heavy atom. The Labute approximate surface area is 160 Å². The van der Waals surface area contributed by atoms with E-state index in [1.165, 1.54) is 12.0 Å². The van der Waals surface area contributed by atoms with Crippen LogP contribution in [0.4, 0.5) is 5.95 Å². The SMILES string of the molecule is Cc1cnc(NCC2CCN(Cc3ccccc3)C2)nc1-c1cnn(C)c1. The second-order valence-corrected chi connectivity index (χ2v) is 7.38. The Bertz CT molecular complexity index is 889. The van der Waals surface area contributed by atoms with Gasteiger partial charge in [-0.15, -0.1) is 0 Å². The molecule has 1 aliphatic heterocycles. The van der Waals surface area contributed by atoms with Gasteiger partial charge >= 0.3 is 0 Å². The summed E-state index contributed by atoms with van der Waals surface area (Å²) in [6, 6.07) is 10.7. The van der Waals surface area contributed by atoms with Gasteiger partial charge in [0.25, 0.3) is 0 Å². The van der Waals surface area contributed by atoms with E-state index >= 15 is 0 Å². The number of rotatable bonds is 6. The van der Waals surface area contributed by atoms with Crippen LogP contribution in [0.5, 0.6) is 0 Å². The number of aryl methyl sites for hydroxylation is 2. The van der Waals surface area contributed by atoms with Crippen LogP contribution in [0.1, 0.15) is 17.5 Å². The normalized spacial score (nSPS) is 17.3. The predicted molar refractivity (Wildman–Crippen MR) is 107 cm³/mol. The van der Waals surface area contributed by atoms with Gasteiger partial charge < -0.3 is 5.32 Å². The summed E-state index contributed by atoms with van der Waals surface area (Å²) in [4.78, 5) is 11.7. The van der Waals surface area contributed by atoms with Crippen molar-refractivity contribution in [2.45, 2.75) is 19.9 Å². The third-order valence-electron chi connectivity index (χ3n) is 5.12. The third kappa shape index (κ3) is 4.34. The fraction of sp³-hybridized carbons (Fsp3) is 0.381. The molecule has 0 saturated carbocycles. The summed E-state index contributed by atoms with van der Waals surface area (Å²) in [5.74, 6) is 1.32. The lowest BCUT2D eigenvalue weighted by atomic mass is 10.1. The van der Waals surface area contributed by atoms with E-state index in [1.807, 2.05) is 32.6 Å². The highest BCUT2D eigenvalue weighted by Crippen LogP contribution is 2.22. The molecule has 1 aromatic carbocycles. The number of likely N-dealkylation sites (tertiary alicyclic amines) is 1. The molecule has 1 atom stereocenters. The third-order valence-corrected chi connectivity index (χ3v) is 5.12. The van der Waals surface area contributed by atoms with Crippen molar-refractivity contribution >= 4 is 5.95 Å². The molecule has 1 N–H and O–H groups in total. The minimum absolute atomic E-state index is 0.625. The minimum Gasteiger partial charge on any atom is -0.354 e. The van der Waals surface area contributed by atoms with E-state index in [2.05, 4.69) is 50.6 Å². The van der Waals surface area contributed by atoms with Gasteiger partial charge in [-0.1, -0.05) is 30.3 Å². The van der Waals surface area contributed by atoms with E-state index < -0.39 is 0 Å². The predicted octanol–water partition coefficient (Wildman–Crippen LogP) is 3.12. The highest BCUT2D eigenvalue weighted by Gasteiger charge is 2.22. The van der Waals surface area contributed by atoms with Crippen LogP contribution >= 0.6 is 0 Å². The molecule has 2 aromatic heterocycles. The summed E-state index contributed by atoms with van der Waals surface area (Å²) in [5, 5.41) is 7.68. The van der Waals surface area contributed by atoms with E-state index in [1.54, 1.807) is 4.68 Å². The zero-order valence-corrected chi connectivity index (χ0v) is 16.0. The van der Waals surface area contributed by atoms with E-state index in [0.29, 0.717) is 11.9 Å². The van der Waals surface area contributed by atoms with Gasteiger partial charge in [0, 0.05) is 44.6 Å². The molecule has 1 unspecified atom stereocenters. The van der Waals surface area contributed by atoms with Crippen molar-refractivity contribution in [3.63, 3.8) is 0 Å². The van der Waals surface area contributed by atoms with Crippen molar-refractivity contribution in [1.82, 2.24) is 24.6 Å². The molecule has 27 heavy (non-hydrogen) atoms. The van der Waals surface area contributed by atoms with Gasteiger partial charge in [0.05, 0.1) is 11.9 Å². The Hall–Kier alpha value is -2.73. The Balaban J connectivity index is 1.34. The van der Waals surface area contributed by atoms with E-state index in [0.717, 1.165) is 43.0 Å². The summed E-state index contributed by atoms with van der Waals surface area (Å²) in [6.07, 6.45) is 6.92. The average Bonchev–Trinajstić information content (AvgIpc) is 3.31. The number of anilines is 1. The van der Waals surface area contributed by atoms with Gasteiger partial charge in [0.15, 0.2) is 0 Å². The number of hydrogen-bond donors (Lipinski definition) is 1. The van der Waals surface area contributed by atoms with Crippen molar-refractivity contribution in [2.75, 3.05) is 25.0 Å². The molecule has 1 fully saturated rings. The molecular weight excluding hydrogens is 336 g/mol. The molecule has 140 valence electrons. The van der Waals surface area contributed by atoms with E-state index in [-0.39, 0.29) is 0 Å². The minimum atomic E-state index is 0.625.